The first-order valence-corrected chi connectivity index (χ1v) is 10.5. The van der Waals surface area contributed by atoms with Crippen LogP contribution in [-0.4, -0.2) is 41.0 Å². The first-order valence-electron chi connectivity index (χ1n) is 9.73. The van der Waals surface area contributed by atoms with Crippen molar-refractivity contribution in [1.29, 1.82) is 0 Å². The van der Waals surface area contributed by atoms with Crippen molar-refractivity contribution < 1.29 is 14.7 Å². The maximum absolute atomic E-state index is 12.2. The molecule has 2 rings (SSSR count). The van der Waals surface area contributed by atoms with Gasteiger partial charge in [0.25, 0.3) is 0 Å². The van der Waals surface area contributed by atoms with Gasteiger partial charge in [-0.1, -0.05) is 26.0 Å². The monoisotopic (exact) mass is 420 g/mol. The van der Waals surface area contributed by atoms with Gasteiger partial charge in [-0.2, -0.15) is 0 Å². The van der Waals surface area contributed by atoms with Crippen molar-refractivity contribution >= 4 is 34.6 Å². The van der Waals surface area contributed by atoms with E-state index in [0.717, 1.165) is 30.8 Å². The van der Waals surface area contributed by atoms with Gasteiger partial charge in [-0.15, -0.1) is 11.3 Å². The smallest absolute Gasteiger partial charge is 0.345 e. The van der Waals surface area contributed by atoms with Crippen LogP contribution in [0.1, 0.15) is 48.2 Å². The van der Waals surface area contributed by atoms with Crippen molar-refractivity contribution in [3.63, 3.8) is 0 Å². The Morgan fingerprint density at radius 3 is 2.03 bits per heavy atom. The van der Waals surface area contributed by atoms with E-state index in [4.69, 9.17) is 16.6 Å². The Kier molecular flexibility index (Phi) is 10.8. The minimum Gasteiger partial charge on any atom is -0.477 e. The molecule has 0 bridgehead atoms. The highest BCUT2D eigenvalue weighted by Gasteiger charge is 2.19. The molecule has 1 amide bonds. The zero-order valence-electron chi connectivity index (χ0n) is 17.4. The number of carboxylic acid groups (broad SMARTS) is 1. The summed E-state index contributed by atoms with van der Waals surface area (Å²) in [6.07, 6.45) is 2.04. The maximum Gasteiger partial charge on any atom is 0.345 e. The van der Waals surface area contributed by atoms with Crippen LogP contribution in [0.5, 0.6) is 0 Å². The zero-order chi connectivity index (χ0) is 21.8. The highest BCUT2D eigenvalue weighted by Crippen LogP contribution is 2.16. The molecule has 160 valence electrons. The fraction of sp³-hybridized carbons (Fsp3) is 0.429. The number of hydrogen-bond acceptors (Lipinski definition) is 6. The molecule has 0 spiro atoms. The lowest BCUT2D eigenvalue weighted by molar-refractivity contribution is -0.126. The fourth-order valence-electron chi connectivity index (χ4n) is 2.66. The average Bonchev–Trinajstić information content (AvgIpc) is 3.17. The lowest BCUT2D eigenvalue weighted by atomic mass is 10.2. The van der Waals surface area contributed by atoms with Crippen LogP contribution >= 0.6 is 11.3 Å². The number of hydrogen-bond donors (Lipinski definition) is 4. The topological polar surface area (TPSA) is 122 Å². The highest BCUT2D eigenvalue weighted by atomic mass is 32.1. The molecule has 0 aliphatic heterocycles. The number of thiophene rings is 1. The Labute approximate surface area is 176 Å². The summed E-state index contributed by atoms with van der Waals surface area (Å²) in [5.74, 6) is -0.940. The van der Waals surface area contributed by atoms with Gasteiger partial charge in [-0.3, -0.25) is 9.69 Å². The van der Waals surface area contributed by atoms with E-state index in [0.29, 0.717) is 22.8 Å². The second-order valence-corrected chi connectivity index (χ2v) is 7.80. The molecule has 1 heterocycles. The third-order valence-electron chi connectivity index (χ3n) is 4.25. The van der Waals surface area contributed by atoms with E-state index >= 15 is 0 Å². The number of carboxylic acids is 1. The van der Waals surface area contributed by atoms with E-state index in [2.05, 4.69) is 24.1 Å². The number of aromatic carboxylic acids is 1. The summed E-state index contributed by atoms with van der Waals surface area (Å²) in [7, 11) is 0. The Balaban J connectivity index is 0.000000436. The lowest BCUT2D eigenvalue weighted by Gasteiger charge is -2.27. The van der Waals surface area contributed by atoms with Crippen molar-refractivity contribution in [3.05, 3.63) is 46.2 Å². The molecular weight excluding hydrogens is 388 g/mol. The minimum absolute atomic E-state index is 0.0119. The van der Waals surface area contributed by atoms with Crippen molar-refractivity contribution in [2.24, 2.45) is 0 Å². The molecule has 0 aliphatic carbocycles. The molecule has 0 saturated heterocycles. The van der Waals surface area contributed by atoms with Crippen molar-refractivity contribution in [3.8, 4) is 0 Å². The van der Waals surface area contributed by atoms with Crippen LogP contribution in [0.2, 0.25) is 0 Å². The summed E-state index contributed by atoms with van der Waals surface area (Å²) in [6, 6.07) is 10.4. The van der Waals surface area contributed by atoms with Crippen LogP contribution in [-0.2, 0) is 11.3 Å². The molecule has 2 aromatic rings. The number of para-hydroxylation sites is 2. The second kappa shape index (κ2) is 12.8. The van der Waals surface area contributed by atoms with Crippen LogP contribution in [0.4, 0.5) is 11.4 Å². The first-order chi connectivity index (χ1) is 13.8. The average molecular weight is 421 g/mol. The number of nitrogens with two attached hydrogens (primary N) is 2. The van der Waals surface area contributed by atoms with E-state index in [1.165, 1.54) is 11.3 Å². The van der Waals surface area contributed by atoms with Gasteiger partial charge in [-0.05, 0) is 57.1 Å². The molecular formula is C21H32N4O3S. The van der Waals surface area contributed by atoms with E-state index in [9.17, 15) is 9.59 Å². The molecule has 29 heavy (non-hydrogen) atoms. The standard InChI is InChI=1S/C15H24N2O3S.C6H8N2/c1-4-8-17(9-5-2)11(3)14(18)16-10-12-6-7-13(21-12)15(19)20;7-5-3-1-2-4-6(5)8/h6-7,11H,4-5,8-10H2,1-3H3,(H,16,18)(H,19,20);1-4H,7-8H2. The van der Waals surface area contributed by atoms with Crippen LogP contribution < -0.4 is 16.8 Å². The van der Waals surface area contributed by atoms with Crippen LogP contribution in [0.3, 0.4) is 0 Å². The Hall–Kier alpha value is -2.58. The number of nitrogens with one attached hydrogen (secondary N) is 1. The molecule has 8 heteroatoms. The molecule has 0 aliphatic rings. The fourth-order valence-corrected chi connectivity index (χ4v) is 3.45. The summed E-state index contributed by atoms with van der Waals surface area (Å²) in [4.78, 5) is 26.3. The molecule has 0 radical (unpaired) electrons. The van der Waals surface area contributed by atoms with Crippen LogP contribution in [0, 0.1) is 0 Å². The van der Waals surface area contributed by atoms with Gasteiger partial charge in [0.2, 0.25) is 5.91 Å². The molecule has 1 aromatic heterocycles. The molecule has 0 fully saturated rings. The number of benzene rings is 1. The molecule has 6 N–H and O–H groups in total. The minimum atomic E-state index is -0.928. The Morgan fingerprint density at radius 1 is 1.07 bits per heavy atom. The molecule has 1 atom stereocenters. The van der Waals surface area contributed by atoms with Gasteiger partial charge >= 0.3 is 5.97 Å². The Morgan fingerprint density at radius 2 is 1.62 bits per heavy atom. The third kappa shape index (κ3) is 8.53. The predicted molar refractivity (Wildman–Crippen MR) is 120 cm³/mol. The van der Waals surface area contributed by atoms with Gasteiger partial charge in [0.05, 0.1) is 24.0 Å². The normalized spacial score (nSPS) is 11.4. The summed E-state index contributed by atoms with van der Waals surface area (Å²) in [5, 5.41) is 11.8. The van der Waals surface area contributed by atoms with Crippen molar-refractivity contribution in [2.45, 2.75) is 46.2 Å². The van der Waals surface area contributed by atoms with E-state index in [1.54, 1.807) is 24.3 Å². The van der Waals surface area contributed by atoms with Gasteiger partial charge in [-0.25, -0.2) is 4.79 Å². The van der Waals surface area contributed by atoms with Crippen molar-refractivity contribution in [2.75, 3.05) is 24.6 Å². The SMILES string of the molecule is CCCN(CCC)C(C)C(=O)NCc1ccc(C(=O)O)s1.Nc1ccccc1N. The largest absolute Gasteiger partial charge is 0.477 e. The van der Waals surface area contributed by atoms with Crippen LogP contribution in [0.25, 0.3) is 0 Å². The van der Waals surface area contributed by atoms with Gasteiger partial charge in [0, 0.05) is 4.88 Å². The van der Waals surface area contributed by atoms with Crippen molar-refractivity contribution in [1.82, 2.24) is 10.2 Å². The number of carbonyl (C=O) groups is 2. The quantitative estimate of drug-likeness (QED) is 0.461. The zero-order valence-corrected chi connectivity index (χ0v) is 18.2. The highest BCUT2D eigenvalue weighted by molar-refractivity contribution is 7.13. The molecule has 0 saturated carbocycles. The number of amides is 1. The Bertz CT molecular complexity index is 752. The van der Waals surface area contributed by atoms with Crippen LogP contribution in [0.15, 0.2) is 36.4 Å². The number of carbonyl (C=O) groups excluding carboxylic acids is 1. The number of rotatable bonds is 9. The third-order valence-corrected chi connectivity index (χ3v) is 5.33. The summed E-state index contributed by atoms with van der Waals surface area (Å²) >= 11 is 1.20. The maximum atomic E-state index is 12.2. The van der Waals surface area contributed by atoms with E-state index in [-0.39, 0.29) is 11.9 Å². The summed E-state index contributed by atoms with van der Waals surface area (Å²) < 4.78 is 0. The van der Waals surface area contributed by atoms with E-state index < -0.39 is 5.97 Å². The molecule has 7 nitrogen and oxygen atoms in total. The summed E-state index contributed by atoms with van der Waals surface area (Å²) in [5.41, 5.74) is 12.1. The lowest BCUT2D eigenvalue weighted by Crippen LogP contribution is -2.45. The molecule has 1 aromatic carbocycles. The number of nitrogens with zero attached hydrogens (tertiary/aromatic N) is 1. The van der Waals surface area contributed by atoms with Gasteiger partial charge < -0.3 is 21.9 Å². The second-order valence-electron chi connectivity index (χ2n) is 6.63. The molecule has 1 unspecified atom stereocenters. The summed E-state index contributed by atoms with van der Waals surface area (Å²) in [6.45, 7) is 8.32. The van der Waals surface area contributed by atoms with Gasteiger partial charge in [0.1, 0.15) is 4.88 Å². The van der Waals surface area contributed by atoms with E-state index in [1.807, 2.05) is 19.1 Å². The number of nitrogen functional groups attached to an aromatic ring is 2. The predicted octanol–water partition coefficient (Wildman–Crippen LogP) is 3.42. The number of anilines is 2. The first kappa shape index (κ1) is 24.5. The van der Waals surface area contributed by atoms with Gasteiger partial charge in [0.15, 0.2) is 0 Å².